The van der Waals surface area contributed by atoms with Gasteiger partial charge in [0.15, 0.2) is 22.3 Å². The number of benzene rings is 2. The van der Waals surface area contributed by atoms with Crippen molar-refractivity contribution in [3.63, 3.8) is 0 Å². The second kappa shape index (κ2) is 7.07. The van der Waals surface area contributed by atoms with Gasteiger partial charge in [0.25, 0.3) is 0 Å². The lowest BCUT2D eigenvalue weighted by atomic mass is 9.78. The third kappa shape index (κ3) is 3.00. The summed E-state index contributed by atoms with van der Waals surface area (Å²) in [5, 5.41) is 4.40. The molecule has 152 valence electrons. The van der Waals surface area contributed by atoms with Crippen LogP contribution >= 0.6 is 23.8 Å². The van der Waals surface area contributed by atoms with Gasteiger partial charge in [-0.15, -0.1) is 0 Å². The van der Waals surface area contributed by atoms with E-state index < -0.39 is 11.6 Å². The normalized spacial score (nSPS) is 24.9. The molecular formula is C21H22ClN3O3S. The van der Waals surface area contributed by atoms with Gasteiger partial charge in [0.1, 0.15) is 5.92 Å². The van der Waals surface area contributed by atoms with Gasteiger partial charge in [-0.1, -0.05) is 29.8 Å². The third-order valence-electron chi connectivity index (χ3n) is 5.48. The Morgan fingerprint density at radius 1 is 1.31 bits per heavy atom. The number of methoxy groups -OCH3 is 1. The molecule has 8 heteroatoms. The molecule has 3 unspecified atom stereocenters. The van der Waals surface area contributed by atoms with Gasteiger partial charge in [0, 0.05) is 30.4 Å². The van der Waals surface area contributed by atoms with E-state index in [4.69, 9.17) is 33.3 Å². The number of para-hydroxylation sites is 1. The van der Waals surface area contributed by atoms with Gasteiger partial charge in [-0.05, 0) is 43.4 Å². The van der Waals surface area contributed by atoms with E-state index in [1.165, 1.54) is 0 Å². The molecule has 0 saturated carbocycles. The van der Waals surface area contributed by atoms with E-state index in [1.54, 1.807) is 38.2 Å². The lowest BCUT2D eigenvalue weighted by Gasteiger charge is -2.56. The maximum absolute atomic E-state index is 13.3. The molecule has 6 nitrogen and oxygen atoms in total. The van der Waals surface area contributed by atoms with Crippen LogP contribution in [-0.4, -0.2) is 42.8 Å². The Kier molecular flexibility index (Phi) is 4.83. The maximum Gasteiger partial charge on any atom is 0.233 e. The van der Waals surface area contributed by atoms with Crippen molar-refractivity contribution < 1.29 is 14.3 Å². The molecule has 0 aliphatic carbocycles. The second-order valence-electron chi connectivity index (χ2n) is 7.49. The average Bonchev–Trinajstić information content (AvgIpc) is 2.66. The summed E-state index contributed by atoms with van der Waals surface area (Å²) < 4.78 is 12.1. The van der Waals surface area contributed by atoms with Crippen molar-refractivity contribution in [3.05, 3.63) is 53.1 Å². The molecule has 1 N–H and O–H groups in total. The molecular weight excluding hydrogens is 410 g/mol. The zero-order chi connectivity index (χ0) is 20.9. The van der Waals surface area contributed by atoms with Crippen LogP contribution in [0.25, 0.3) is 0 Å². The second-order valence-corrected chi connectivity index (χ2v) is 8.31. The largest absolute Gasteiger partial charge is 0.493 e. The molecule has 2 heterocycles. The SMILES string of the molecule is COc1cccc2c1OC1(C)C(C(=O)N(C)C)C2NC(=S)N1c1cccc(Cl)c1. The van der Waals surface area contributed by atoms with Crippen molar-refractivity contribution in [2.24, 2.45) is 5.92 Å². The predicted molar refractivity (Wildman–Crippen MR) is 117 cm³/mol. The smallest absolute Gasteiger partial charge is 0.233 e. The summed E-state index contributed by atoms with van der Waals surface area (Å²) in [6.45, 7) is 1.88. The van der Waals surface area contributed by atoms with Crippen molar-refractivity contribution in [1.29, 1.82) is 0 Å². The number of thiocarbonyl (C=S) groups is 1. The van der Waals surface area contributed by atoms with E-state index in [-0.39, 0.29) is 11.9 Å². The molecule has 0 spiro atoms. The summed E-state index contributed by atoms with van der Waals surface area (Å²) in [5.74, 6) is 0.596. The Balaban J connectivity index is 1.95. The summed E-state index contributed by atoms with van der Waals surface area (Å²) in [6, 6.07) is 12.6. The molecule has 4 rings (SSSR count). The molecule has 3 atom stereocenters. The van der Waals surface area contributed by atoms with E-state index in [2.05, 4.69) is 5.32 Å². The minimum absolute atomic E-state index is 0.0620. The molecule has 2 aromatic rings. The third-order valence-corrected chi connectivity index (χ3v) is 6.02. The lowest BCUT2D eigenvalue weighted by molar-refractivity contribution is -0.144. The predicted octanol–water partition coefficient (Wildman–Crippen LogP) is 3.60. The number of nitrogens with zero attached hydrogens (tertiary/aromatic N) is 2. The number of carbonyl (C=O) groups excluding carboxylic acids is 1. The summed E-state index contributed by atoms with van der Waals surface area (Å²) in [6.07, 6.45) is 0. The quantitative estimate of drug-likeness (QED) is 0.749. The average molecular weight is 432 g/mol. The monoisotopic (exact) mass is 431 g/mol. The topological polar surface area (TPSA) is 54.0 Å². The van der Waals surface area contributed by atoms with Crippen LogP contribution in [-0.2, 0) is 4.79 Å². The van der Waals surface area contributed by atoms with Crippen molar-refractivity contribution in [2.45, 2.75) is 18.7 Å². The summed E-state index contributed by atoms with van der Waals surface area (Å²) >= 11 is 12.0. The van der Waals surface area contributed by atoms with Gasteiger partial charge < -0.3 is 19.7 Å². The zero-order valence-corrected chi connectivity index (χ0v) is 18.2. The van der Waals surface area contributed by atoms with Crippen LogP contribution in [0.5, 0.6) is 11.5 Å². The molecule has 29 heavy (non-hydrogen) atoms. The first-order chi connectivity index (χ1) is 13.8. The van der Waals surface area contributed by atoms with Crippen molar-refractivity contribution in [1.82, 2.24) is 10.2 Å². The Labute approximate surface area is 180 Å². The number of carbonyl (C=O) groups is 1. The fourth-order valence-corrected chi connectivity index (χ4v) is 4.79. The fourth-order valence-electron chi connectivity index (χ4n) is 4.19. The molecule has 1 saturated heterocycles. The first-order valence-corrected chi connectivity index (χ1v) is 10.00. The molecule has 1 fully saturated rings. The first kappa shape index (κ1) is 19.8. The van der Waals surface area contributed by atoms with Gasteiger partial charge in [-0.25, -0.2) is 0 Å². The van der Waals surface area contributed by atoms with Gasteiger partial charge >= 0.3 is 0 Å². The van der Waals surface area contributed by atoms with Gasteiger partial charge in [0.2, 0.25) is 5.91 Å². The Bertz CT molecular complexity index is 999. The van der Waals surface area contributed by atoms with Crippen LogP contribution < -0.4 is 19.7 Å². The summed E-state index contributed by atoms with van der Waals surface area (Å²) in [5.41, 5.74) is 0.502. The zero-order valence-electron chi connectivity index (χ0n) is 16.6. The molecule has 2 aliphatic rings. The van der Waals surface area contributed by atoms with Crippen LogP contribution in [0.1, 0.15) is 18.5 Å². The maximum atomic E-state index is 13.3. The highest BCUT2D eigenvalue weighted by Crippen LogP contribution is 2.52. The highest BCUT2D eigenvalue weighted by Gasteiger charge is 2.59. The number of ether oxygens (including phenoxy) is 2. The molecule has 2 aromatic carbocycles. The van der Waals surface area contributed by atoms with E-state index in [0.29, 0.717) is 21.6 Å². The highest BCUT2D eigenvalue weighted by molar-refractivity contribution is 7.80. The first-order valence-electron chi connectivity index (χ1n) is 9.21. The standard InChI is InChI=1S/C21H22ClN3O3S/c1-21-16(19(26)24(2)3)17(14-9-6-10-15(27-4)18(14)28-21)23-20(29)25(21)13-8-5-7-12(22)11-13/h5-11,16-17H,1-4H3,(H,23,29). The van der Waals surface area contributed by atoms with E-state index in [1.807, 2.05) is 42.2 Å². The summed E-state index contributed by atoms with van der Waals surface area (Å²) in [7, 11) is 5.08. The summed E-state index contributed by atoms with van der Waals surface area (Å²) in [4.78, 5) is 16.7. The highest BCUT2D eigenvalue weighted by atomic mass is 35.5. The number of anilines is 1. The van der Waals surface area contributed by atoms with Crippen LogP contribution in [0.3, 0.4) is 0 Å². The van der Waals surface area contributed by atoms with Crippen molar-refractivity contribution in [2.75, 3.05) is 26.1 Å². The fraction of sp³-hybridized carbons (Fsp3) is 0.333. The Morgan fingerprint density at radius 3 is 2.69 bits per heavy atom. The minimum atomic E-state index is -1.08. The molecule has 2 aliphatic heterocycles. The minimum Gasteiger partial charge on any atom is -0.493 e. The van der Waals surface area contributed by atoms with Gasteiger partial charge in [-0.2, -0.15) is 0 Å². The van der Waals surface area contributed by atoms with E-state index in [9.17, 15) is 4.79 Å². The van der Waals surface area contributed by atoms with Crippen molar-refractivity contribution >= 4 is 40.5 Å². The number of amides is 1. The van der Waals surface area contributed by atoms with Gasteiger partial charge in [-0.3, -0.25) is 9.69 Å². The number of halogens is 1. The Hall–Kier alpha value is -2.51. The van der Waals surface area contributed by atoms with E-state index in [0.717, 1.165) is 11.3 Å². The van der Waals surface area contributed by atoms with E-state index >= 15 is 0 Å². The molecule has 1 amide bonds. The van der Waals surface area contributed by atoms with Crippen LogP contribution in [0.4, 0.5) is 5.69 Å². The molecule has 0 radical (unpaired) electrons. The lowest BCUT2D eigenvalue weighted by Crippen LogP contribution is -2.72. The molecule has 0 aromatic heterocycles. The Morgan fingerprint density at radius 2 is 2.03 bits per heavy atom. The van der Waals surface area contributed by atoms with Gasteiger partial charge in [0.05, 0.1) is 13.2 Å². The number of hydrogen-bond donors (Lipinski definition) is 1. The number of rotatable bonds is 3. The number of nitrogens with one attached hydrogen (secondary N) is 1. The van der Waals surface area contributed by atoms with Crippen LogP contribution in [0.15, 0.2) is 42.5 Å². The van der Waals surface area contributed by atoms with Crippen molar-refractivity contribution in [3.8, 4) is 11.5 Å². The number of hydrogen-bond acceptors (Lipinski definition) is 4. The van der Waals surface area contributed by atoms with Crippen LogP contribution in [0.2, 0.25) is 5.02 Å². The molecule has 2 bridgehead atoms. The number of fused-ring (bicyclic) bond motifs is 4. The van der Waals surface area contributed by atoms with Crippen LogP contribution in [0, 0.1) is 5.92 Å².